The monoisotopic (exact) mass is 207 g/mol. The van der Waals surface area contributed by atoms with Gasteiger partial charge in [-0.2, -0.15) is 0 Å². The fraction of sp³-hybridized carbons (Fsp3) is 0.300. The number of rotatable bonds is 3. The summed E-state index contributed by atoms with van der Waals surface area (Å²) in [6, 6.07) is 3.50. The van der Waals surface area contributed by atoms with Crippen LogP contribution in [0.2, 0.25) is 0 Å². The van der Waals surface area contributed by atoms with Crippen molar-refractivity contribution in [3.05, 3.63) is 30.1 Å². The fourth-order valence-electron chi connectivity index (χ4n) is 0.948. The van der Waals surface area contributed by atoms with E-state index in [-0.39, 0.29) is 5.90 Å². The van der Waals surface area contributed by atoms with E-state index >= 15 is 0 Å². The first-order chi connectivity index (χ1) is 7.09. The largest absolute Gasteiger partial charge is 0.440 e. The lowest BCUT2D eigenvalue weighted by atomic mass is 10.3. The number of hydrogen-bond acceptors (Lipinski definition) is 5. The molecular formula is C10H13N3O2. The SMILES string of the molecule is CN=C(OC(C)(O)C=N)c1cccnc1. The van der Waals surface area contributed by atoms with E-state index in [2.05, 4.69) is 9.98 Å². The van der Waals surface area contributed by atoms with E-state index in [1.807, 2.05) is 0 Å². The van der Waals surface area contributed by atoms with Gasteiger partial charge in [-0.15, -0.1) is 0 Å². The summed E-state index contributed by atoms with van der Waals surface area (Å²) >= 11 is 0. The van der Waals surface area contributed by atoms with E-state index in [1.54, 1.807) is 31.6 Å². The highest BCUT2D eigenvalue weighted by Gasteiger charge is 2.21. The van der Waals surface area contributed by atoms with Gasteiger partial charge in [-0.3, -0.25) is 9.98 Å². The predicted octanol–water partition coefficient (Wildman–Crippen LogP) is 0.833. The Morgan fingerprint density at radius 3 is 2.93 bits per heavy atom. The predicted molar refractivity (Wildman–Crippen MR) is 57.2 cm³/mol. The van der Waals surface area contributed by atoms with Crippen molar-refractivity contribution in [3.63, 3.8) is 0 Å². The molecule has 0 bridgehead atoms. The number of nitrogens with one attached hydrogen (secondary N) is 1. The standard InChI is InChI=1S/C10H13N3O2/c1-10(14,7-11)15-9(12-2)8-4-3-5-13-6-8/h3-7,11,14H,1-2H3. The second kappa shape index (κ2) is 4.65. The molecule has 0 saturated heterocycles. The van der Waals surface area contributed by atoms with Crippen molar-refractivity contribution in [2.75, 3.05) is 7.05 Å². The third kappa shape index (κ3) is 3.14. The maximum Gasteiger partial charge on any atom is 0.243 e. The van der Waals surface area contributed by atoms with Crippen molar-refractivity contribution < 1.29 is 9.84 Å². The third-order valence-corrected chi connectivity index (χ3v) is 1.68. The van der Waals surface area contributed by atoms with Gasteiger partial charge in [-0.05, 0) is 12.1 Å². The number of aliphatic hydroxyl groups is 1. The van der Waals surface area contributed by atoms with E-state index < -0.39 is 5.79 Å². The zero-order valence-corrected chi connectivity index (χ0v) is 8.64. The van der Waals surface area contributed by atoms with E-state index in [4.69, 9.17) is 10.1 Å². The van der Waals surface area contributed by atoms with Crippen LogP contribution in [0.25, 0.3) is 0 Å². The average molecular weight is 207 g/mol. The van der Waals surface area contributed by atoms with Crippen molar-refractivity contribution in [2.24, 2.45) is 4.99 Å². The molecular weight excluding hydrogens is 194 g/mol. The van der Waals surface area contributed by atoms with Gasteiger partial charge in [-0.1, -0.05) is 0 Å². The van der Waals surface area contributed by atoms with Gasteiger partial charge >= 0.3 is 0 Å². The van der Waals surface area contributed by atoms with Crippen LogP contribution < -0.4 is 0 Å². The molecule has 1 atom stereocenters. The average Bonchev–Trinajstić information content (AvgIpc) is 2.27. The van der Waals surface area contributed by atoms with Crippen LogP contribution in [0.1, 0.15) is 12.5 Å². The van der Waals surface area contributed by atoms with E-state index in [9.17, 15) is 5.11 Å². The highest BCUT2D eigenvalue weighted by Crippen LogP contribution is 2.08. The summed E-state index contributed by atoms with van der Waals surface area (Å²) in [6.45, 7) is 1.36. The van der Waals surface area contributed by atoms with Gasteiger partial charge in [-0.25, -0.2) is 0 Å². The molecule has 0 amide bonds. The van der Waals surface area contributed by atoms with Crippen LogP contribution in [0.4, 0.5) is 0 Å². The van der Waals surface area contributed by atoms with Crippen LogP contribution >= 0.6 is 0 Å². The number of hydrogen-bond donors (Lipinski definition) is 2. The zero-order valence-electron chi connectivity index (χ0n) is 8.64. The molecule has 0 spiro atoms. The first kappa shape index (κ1) is 11.3. The lowest BCUT2D eigenvalue weighted by Gasteiger charge is -2.20. The summed E-state index contributed by atoms with van der Waals surface area (Å²) in [6.07, 6.45) is 4.00. The highest BCUT2D eigenvalue weighted by molar-refractivity contribution is 5.94. The second-order valence-corrected chi connectivity index (χ2v) is 3.07. The first-order valence-corrected chi connectivity index (χ1v) is 4.39. The molecule has 1 heterocycles. The zero-order chi connectivity index (χ0) is 11.3. The van der Waals surface area contributed by atoms with Crippen molar-refractivity contribution in [1.29, 1.82) is 5.41 Å². The lowest BCUT2D eigenvalue weighted by molar-refractivity contribution is -0.0646. The van der Waals surface area contributed by atoms with Gasteiger partial charge < -0.3 is 15.3 Å². The molecule has 0 saturated carbocycles. The number of pyridine rings is 1. The van der Waals surface area contributed by atoms with Crippen LogP contribution in [0.15, 0.2) is 29.5 Å². The van der Waals surface area contributed by atoms with Gasteiger partial charge in [0, 0.05) is 26.4 Å². The van der Waals surface area contributed by atoms with Gasteiger partial charge in [0.1, 0.15) is 0 Å². The summed E-state index contributed by atoms with van der Waals surface area (Å²) < 4.78 is 5.14. The molecule has 1 rings (SSSR count). The topological polar surface area (TPSA) is 78.6 Å². The minimum absolute atomic E-state index is 0.247. The number of nitrogens with zero attached hydrogens (tertiary/aromatic N) is 2. The number of aliphatic imine (C=N–C) groups is 1. The van der Waals surface area contributed by atoms with Crippen LogP contribution in [0.5, 0.6) is 0 Å². The molecule has 0 radical (unpaired) electrons. The molecule has 0 aliphatic carbocycles. The molecule has 0 aromatic carbocycles. The third-order valence-electron chi connectivity index (χ3n) is 1.68. The Morgan fingerprint density at radius 2 is 2.47 bits per heavy atom. The van der Waals surface area contributed by atoms with Gasteiger partial charge in [0.25, 0.3) is 0 Å². The van der Waals surface area contributed by atoms with Gasteiger partial charge in [0.05, 0.1) is 11.8 Å². The first-order valence-electron chi connectivity index (χ1n) is 4.39. The molecule has 0 aliphatic heterocycles. The summed E-state index contributed by atoms with van der Waals surface area (Å²) in [5.41, 5.74) is 0.655. The molecule has 0 fully saturated rings. The van der Waals surface area contributed by atoms with E-state index in [0.29, 0.717) is 5.56 Å². The van der Waals surface area contributed by atoms with Crippen molar-refractivity contribution in [3.8, 4) is 0 Å². The molecule has 80 valence electrons. The van der Waals surface area contributed by atoms with E-state index in [1.165, 1.54) is 6.92 Å². The van der Waals surface area contributed by atoms with Crippen LogP contribution in [0.3, 0.4) is 0 Å². The molecule has 1 aromatic rings. The lowest BCUT2D eigenvalue weighted by Crippen LogP contribution is -2.33. The normalized spacial score (nSPS) is 15.5. The molecule has 2 N–H and O–H groups in total. The Labute approximate surface area is 88.0 Å². The van der Waals surface area contributed by atoms with Crippen LogP contribution in [0, 0.1) is 5.41 Å². The Kier molecular flexibility index (Phi) is 3.51. The number of aromatic nitrogens is 1. The second-order valence-electron chi connectivity index (χ2n) is 3.07. The summed E-state index contributed by atoms with van der Waals surface area (Å²) in [5.74, 6) is -1.40. The Bertz CT molecular complexity index is 360. The Balaban J connectivity index is 2.88. The molecule has 1 aromatic heterocycles. The molecule has 5 heteroatoms. The van der Waals surface area contributed by atoms with Gasteiger partial charge in [0.15, 0.2) is 0 Å². The quantitative estimate of drug-likeness (QED) is 0.438. The Hall–Kier alpha value is -1.75. The number of ether oxygens (including phenoxy) is 1. The fourth-order valence-corrected chi connectivity index (χ4v) is 0.948. The Morgan fingerprint density at radius 1 is 1.73 bits per heavy atom. The summed E-state index contributed by atoms with van der Waals surface area (Å²) in [7, 11) is 1.54. The maximum absolute atomic E-state index is 9.52. The minimum Gasteiger partial charge on any atom is -0.440 e. The maximum atomic E-state index is 9.52. The molecule has 5 nitrogen and oxygen atoms in total. The minimum atomic E-state index is -1.65. The van der Waals surface area contributed by atoms with Gasteiger partial charge in [0.2, 0.25) is 11.7 Å². The van der Waals surface area contributed by atoms with Crippen molar-refractivity contribution >= 4 is 12.1 Å². The van der Waals surface area contributed by atoms with Crippen molar-refractivity contribution in [2.45, 2.75) is 12.7 Å². The molecule has 15 heavy (non-hydrogen) atoms. The highest BCUT2D eigenvalue weighted by atomic mass is 16.6. The smallest absolute Gasteiger partial charge is 0.243 e. The van der Waals surface area contributed by atoms with E-state index in [0.717, 1.165) is 6.21 Å². The molecule has 1 unspecified atom stereocenters. The van der Waals surface area contributed by atoms with Crippen LogP contribution in [-0.4, -0.2) is 35.0 Å². The van der Waals surface area contributed by atoms with Crippen LogP contribution in [-0.2, 0) is 4.74 Å². The van der Waals surface area contributed by atoms with Crippen molar-refractivity contribution in [1.82, 2.24) is 4.98 Å². The molecule has 0 aliphatic rings. The summed E-state index contributed by atoms with van der Waals surface area (Å²) in [4.78, 5) is 7.79. The summed E-state index contributed by atoms with van der Waals surface area (Å²) in [5, 5.41) is 16.5.